The lowest BCUT2D eigenvalue weighted by molar-refractivity contribution is -0.255. The maximum atomic E-state index is 13.8. The number of esters is 5. The van der Waals surface area contributed by atoms with Crippen molar-refractivity contribution in [1.29, 1.82) is 0 Å². The molecule has 1 amide bonds. The van der Waals surface area contributed by atoms with Gasteiger partial charge >= 0.3 is 29.8 Å². The van der Waals surface area contributed by atoms with Gasteiger partial charge in [-0.3, -0.25) is 28.9 Å². The fourth-order valence-corrected chi connectivity index (χ4v) is 5.32. The molecule has 1 N–H and O–H groups in total. The van der Waals surface area contributed by atoms with Gasteiger partial charge in [0.25, 0.3) is 0 Å². The Morgan fingerprint density at radius 1 is 0.833 bits per heavy atom. The van der Waals surface area contributed by atoms with E-state index < -0.39 is 73.1 Å². The number of methoxy groups -OCH3 is 1. The molecule has 0 radical (unpaired) electrons. The van der Waals surface area contributed by atoms with Crippen molar-refractivity contribution in [2.75, 3.05) is 13.7 Å². The number of amides is 1. The van der Waals surface area contributed by atoms with Gasteiger partial charge < -0.3 is 33.7 Å². The molecule has 4 rings (SSSR count). The minimum atomic E-state index is -1.43. The number of guanidine groups is 1. The molecule has 0 aliphatic carbocycles. The second-order valence-electron chi connectivity index (χ2n) is 11.0. The van der Waals surface area contributed by atoms with Crippen LogP contribution in [0.15, 0.2) is 59.6 Å². The highest BCUT2D eigenvalue weighted by Crippen LogP contribution is 2.31. The van der Waals surface area contributed by atoms with Crippen LogP contribution in [0.3, 0.4) is 0 Å². The van der Waals surface area contributed by atoms with Gasteiger partial charge in [0, 0.05) is 27.7 Å². The van der Waals surface area contributed by atoms with Crippen molar-refractivity contribution in [2.24, 2.45) is 4.99 Å². The Balaban J connectivity index is 1.76. The van der Waals surface area contributed by atoms with E-state index in [9.17, 15) is 28.8 Å². The predicted octanol–water partition coefficient (Wildman–Crippen LogP) is 1.98. The molecule has 1 fully saturated rings. The second-order valence-corrected chi connectivity index (χ2v) is 11.0. The van der Waals surface area contributed by atoms with Crippen LogP contribution in [0.25, 0.3) is 0 Å². The number of carbonyl (C=O) groups excluding carboxylic acids is 6. The van der Waals surface area contributed by atoms with Crippen LogP contribution in [-0.2, 0) is 58.9 Å². The standard InChI is InChI=1S/C33H37N3O12/c1-18(37)44-17-26-28(45-19(2)38)29(46-20(3)39)30(47-21(4)40)31(48-26)35-33-34-25(23-9-7-6-8-10-23)15-27(41)36(33)16-22-11-13-24(14-12-22)32(42)43-5/h6-14,25-26,28-31H,15-17H2,1-5H3,(H,34,35)/t25-,26+,28+,29-,30+,31+/m0/s1. The first-order chi connectivity index (χ1) is 22.9. The van der Waals surface area contributed by atoms with Crippen molar-refractivity contribution in [3.8, 4) is 0 Å². The van der Waals surface area contributed by atoms with E-state index in [4.69, 9.17) is 33.4 Å². The predicted molar refractivity (Wildman–Crippen MR) is 165 cm³/mol. The largest absolute Gasteiger partial charge is 0.465 e. The van der Waals surface area contributed by atoms with E-state index in [0.29, 0.717) is 11.1 Å². The number of rotatable bonds is 10. The normalized spacial score (nSPS) is 23.6. The molecule has 15 heteroatoms. The van der Waals surface area contributed by atoms with Crippen LogP contribution >= 0.6 is 0 Å². The lowest BCUT2D eigenvalue weighted by Crippen LogP contribution is -2.67. The first-order valence-corrected chi connectivity index (χ1v) is 15.0. The number of carbonyl (C=O) groups is 6. The third-order valence-corrected chi connectivity index (χ3v) is 7.37. The zero-order chi connectivity index (χ0) is 35.0. The molecule has 2 heterocycles. The summed E-state index contributed by atoms with van der Waals surface area (Å²) in [4.78, 5) is 80.4. The Morgan fingerprint density at radius 2 is 1.44 bits per heavy atom. The minimum Gasteiger partial charge on any atom is -0.465 e. The highest BCUT2D eigenvalue weighted by atomic mass is 16.7. The molecule has 0 saturated carbocycles. The van der Waals surface area contributed by atoms with Crippen LogP contribution in [0.4, 0.5) is 0 Å². The van der Waals surface area contributed by atoms with Gasteiger partial charge in [-0.2, -0.15) is 0 Å². The summed E-state index contributed by atoms with van der Waals surface area (Å²) in [5.41, 5.74) is 1.72. The fourth-order valence-electron chi connectivity index (χ4n) is 5.32. The molecule has 2 aliphatic heterocycles. The van der Waals surface area contributed by atoms with Crippen molar-refractivity contribution in [2.45, 2.75) is 77.3 Å². The summed E-state index contributed by atoms with van der Waals surface area (Å²) in [6, 6.07) is 15.0. The van der Waals surface area contributed by atoms with E-state index in [2.05, 4.69) is 5.32 Å². The molecule has 0 spiro atoms. The van der Waals surface area contributed by atoms with Crippen LogP contribution in [-0.4, -0.2) is 91.0 Å². The quantitative estimate of drug-likeness (QED) is 0.287. The van der Waals surface area contributed by atoms with Crippen molar-refractivity contribution in [1.82, 2.24) is 10.2 Å². The van der Waals surface area contributed by atoms with Crippen molar-refractivity contribution < 1.29 is 57.2 Å². The lowest BCUT2D eigenvalue weighted by atomic mass is 9.97. The van der Waals surface area contributed by atoms with Crippen LogP contribution in [0.5, 0.6) is 0 Å². The minimum absolute atomic E-state index is 0.0128. The summed E-state index contributed by atoms with van der Waals surface area (Å²) < 4.78 is 32.7. The molecule has 0 bridgehead atoms. The molecule has 15 nitrogen and oxygen atoms in total. The van der Waals surface area contributed by atoms with Gasteiger partial charge in [0.2, 0.25) is 11.9 Å². The van der Waals surface area contributed by atoms with E-state index in [0.717, 1.165) is 26.3 Å². The average Bonchev–Trinajstić information content (AvgIpc) is 3.04. The second kappa shape index (κ2) is 16.0. The smallest absolute Gasteiger partial charge is 0.337 e. The maximum Gasteiger partial charge on any atom is 0.337 e. The Kier molecular flexibility index (Phi) is 11.8. The third kappa shape index (κ3) is 9.15. The monoisotopic (exact) mass is 667 g/mol. The zero-order valence-corrected chi connectivity index (χ0v) is 27.1. The summed E-state index contributed by atoms with van der Waals surface area (Å²) in [5, 5.41) is 3.06. The molecule has 0 aromatic heterocycles. The summed E-state index contributed by atoms with van der Waals surface area (Å²) in [5.74, 6) is -3.80. The molecule has 0 unspecified atom stereocenters. The summed E-state index contributed by atoms with van der Waals surface area (Å²) in [6.45, 7) is 4.14. The molecule has 48 heavy (non-hydrogen) atoms. The topological polar surface area (TPSA) is 185 Å². The number of ether oxygens (including phenoxy) is 6. The van der Waals surface area contributed by atoms with E-state index >= 15 is 0 Å². The van der Waals surface area contributed by atoms with Gasteiger partial charge in [-0.25, -0.2) is 9.79 Å². The van der Waals surface area contributed by atoms with Crippen molar-refractivity contribution in [3.05, 3.63) is 71.3 Å². The van der Waals surface area contributed by atoms with Gasteiger partial charge in [-0.1, -0.05) is 42.5 Å². The average molecular weight is 668 g/mol. The number of aliphatic imine (C=N–C) groups is 1. The van der Waals surface area contributed by atoms with Gasteiger partial charge in [-0.05, 0) is 23.3 Å². The highest BCUT2D eigenvalue weighted by molar-refractivity contribution is 5.99. The van der Waals surface area contributed by atoms with Gasteiger partial charge in [0.05, 0.1) is 31.7 Å². The Morgan fingerprint density at radius 3 is 2.02 bits per heavy atom. The molecular weight excluding hydrogens is 630 g/mol. The summed E-state index contributed by atoms with van der Waals surface area (Å²) >= 11 is 0. The van der Waals surface area contributed by atoms with Crippen molar-refractivity contribution >= 4 is 41.7 Å². The van der Waals surface area contributed by atoms with Crippen LogP contribution in [0, 0.1) is 0 Å². The molecule has 6 atom stereocenters. The number of hydrogen-bond acceptors (Lipinski definition) is 14. The van der Waals surface area contributed by atoms with E-state index in [1.165, 1.54) is 18.9 Å². The van der Waals surface area contributed by atoms with Gasteiger partial charge in [-0.15, -0.1) is 0 Å². The lowest BCUT2D eigenvalue weighted by Gasteiger charge is -2.45. The Hall–Kier alpha value is -5.31. The number of nitrogens with one attached hydrogen (secondary N) is 1. The van der Waals surface area contributed by atoms with Crippen LogP contribution < -0.4 is 5.32 Å². The molecule has 256 valence electrons. The van der Waals surface area contributed by atoms with Gasteiger partial charge in [0.1, 0.15) is 12.7 Å². The van der Waals surface area contributed by atoms with E-state index in [-0.39, 0.29) is 24.8 Å². The molecule has 2 aromatic carbocycles. The zero-order valence-electron chi connectivity index (χ0n) is 27.1. The van der Waals surface area contributed by atoms with E-state index in [1.54, 1.807) is 24.3 Å². The van der Waals surface area contributed by atoms with Crippen LogP contribution in [0.2, 0.25) is 0 Å². The Bertz CT molecular complexity index is 1540. The van der Waals surface area contributed by atoms with Crippen LogP contribution in [0.1, 0.15) is 61.6 Å². The Labute approximate surface area is 276 Å². The first kappa shape index (κ1) is 35.5. The highest BCUT2D eigenvalue weighted by Gasteiger charge is 2.53. The molecule has 2 aliphatic rings. The summed E-state index contributed by atoms with van der Waals surface area (Å²) in [7, 11) is 1.27. The van der Waals surface area contributed by atoms with Gasteiger partial charge in [0.15, 0.2) is 24.5 Å². The number of hydrogen-bond donors (Lipinski definition) is 1. The molecular formula is C33H37N3O12. The maximum absolute atomic E-state index is 13.8. The SMILES string of the molecule is COC(=O)c1ccc(CN2C(=O)C[C@@H](c3ccccc3)N=C2N[C@@H]2O[C@H](COC(C)=O)[C@@H](OC(C)=O)[C@H](OC(C)=O)[C@H]2OC(C)=O)cc1. The van der Waals surface area contributed by atoms with E-state index in [1.807, 2.05) is 30.3 Å². The van der Waals surface area contributed by atoms with Crippen molar-refractivity contribution in [3.63, 3.8) is 0 Å². The number of nitrogens with zero attached hydrogens (tertiary/aromatic N) is 2. The number of benzene rings is 2. The third-order valence-electron chi connectivity index (χ3n) is 7.37. The summed E-state index contributed by atoms with van der Waals surface area (Å²) in [6.07, 6.45) is -6.77. The molecule has 2 aromatic rings. The fraction of sp³-hybridized carbons (Fsp3) is 0.424. The first-order valence-electron chi connectivity index (χ1n) is 15.0. The molecule has 1 saturated heterocycles.